The summed E-state index contributed by atoms with van der Waals surface area (Å²) in [5.74, 6) is 0. The molecule has 2 nitrogen and oxygen atoms in total. The van der Waals surface area contributed by atoms with Crippen LogP contribution in [0.5, 0.6) is 0 Å². The molecule has 17 heavy (non-hydrogen) atoms. The lowest BCUT2D eigenvalue weighted by Crippen LogP contribution is -2.08. The predicted molar refractivity (Wildman–Crippen MR) is 70.7 cm³/mol. The van der Waals surface area contributed by atoms with Crippen LogP contribution >= 0.6 is 0 Å². The summed E-state index contributed by atoms with van der Waals surface area (Å²) in [5, 5.41) is 0. The van der Waals surface area contributed by atoms with Crippen molar-refractivity contribution < 1.29 is 0 Å². The highest BCUT2D eigenvalue weighted by atomic mass is 15.0. The molecule has 0 spiro atoms. The van der Waals surface area contributed by atoms with Crippen LogP contribution in [0.15, 0.2) is 70.6 Å². The van der Waals surface area contributed by atoms with E-state index in [4.69, 9.17) is 0 Å². The van der Waals surface area contributed by atoms with E-state index in [0.29, 0.717) is 0 Å². The molecule has 0 amide bonds. The minimum Gasteiger partial charge on any atom is -0.259 e. The maximum atomic E-state index is 4.44. The van der Waals surface area contributed by atoms with Crippen LogP contribution in [-0.2, 0) is 0 Å². The fourth-order valence-corrected chi connectivity index (χ4v) is 2.02. The Kier molecular flexibility index (Phi) is 2.54. The van der Waals surface area contributed by atoms with E-state index in [1.807, 2.05) is 36.4 Å². The van der Waals surface area contributed by atoms with E-state index in [9.17, 15) is 0 Å². The molecule has 0 radical (unpaired) electrons. The largest absolute Gasteiger partial charge is 0.259 e. The molecule has 1 aliphatic rings. The Bertz CT molecular complexity index is 556. The average molecular weight is 220 g/mol. The summed E-state index contributed by atoms with van der Waals surface area (Å²) in [6.07, 6.45) is 1.65. The number of aliphatic imine (C=N–C) groups is 2. The van der Waals surface area contributed by atoms with E-state index in [1.54, 1.807) is 6.34 Å². The second kappa shape index (κ2) is 4.34. The van der Waals surface area contributed by atoms with Crippen molar-refractivity contribution in [3.05, 3.63) is 71.8 Å². The van der Waals surface area contributed by atoms with Crippen LogP contribution in [0.4, 0.5) is 0 Å². The zero-order valence-electron chi connectivity index (χ0n) is 9.32. The lowest BCUT2D eigenvalue weighted by molar-refractivity contribution is 0.990. The Morgan fingerprint density at radius 1 is 0.765 bits per heavy atom. The van der Waals surface area contributed by atoms with Gasteiger partial charge in [-0.15, -0.1) is 0 Å². The summed E-state index contributed by atoms with van der Waals surface area (Å²) >= 11 is 0. The Morgan fingerprint density at radius 2 is 1.41 bits per heavy atom. The maximum absolute atomic E-state index is 4.44. The second-order valence-corrected chi connectivity index (χ2v) is 3.96. The highest BCUT2D eigenvalue weighted by Crippen LogP contribution is 2.25. The van der Waals surface area contributed by atoms with Gasteiger partial charge in [0.25, 0.3) is 0 Å². The van der Waals surface area contributed by atoms with Crippen molar-refractivity contribution in [2.75, 3.05) is 0 Å². The van der Waals surface area contributed by atoms with Crippen LogP contribution in [0.1, 0.15) is 17.2 Å². The van der Waals surface area contributed by atoms with Gasteiger partial charge in [0.05, 0.1) is 5.71 Å². The number of hydrogen-bond acceptors (Lipinski definition) is 2. The topological polar surface area (TPSA) is 24.7 Å². The predicted octanol–water partition coefficient (Wildman–Crippen LogP) is 3.26. The molecular weight excluding hydrogens is 208 g/mol. The van der Waals surface area contributed by atoms with Gasteiger partial charge in [0.2, 0.25) is 0 Å². The second-order valence-electron chi connectivity index (χ2n) is 3.96. The van der Waals surface area contributed by atoms with Crippen LogP contribution in [0.3, 0.4) is 0 Å². The monoisotopic (exact) mass is 220 g/mol. The molecule has 2 aromatic rings. The highest BCUT2D eigenvalue weighted by molar-refractivity contribution is 6.10. The summed E-state index contributed by atoms with van der Waals surface area (Å²) in [5.41, 5.74) is 3.35. The number of rotatable bonds is 2. The molecule has 0 saturated carbocycles. The molecule has 0 fully saturated rings. The van der Waals surface area contributed by atoms with E-state index in [0.717, 1.165) is 11.3 Å². The number of hydrogen-bond donors (Lipinski definition) is 0. The van der Waals surface area contributed by atoms with E-state index in [1.165, 1.54) is 5.56 Å². The van der Waals surface area contributed by atoms with Crippen molar-refractivity contribution in [2.24, 2.45) is 9.98 Å². The van der Waals surface area contributed by atoms with Gasteiger partial charge in [-0.05, 0) is 11.1 Å². The molecule has 0 saturated heterocycles. The quantitative estimate of drug-likeness (QED) is 0.742. The Hall–Kier alpha value is -2.22. The van der Waals surface area contributed by atoms with Crippen molar-refractivity contribution in [1.82, 2.24) is 0 Å². The normalized spacial score (nSPS) is 18.1. The SMILES string of the molecule is C1=N[C@H](c2ccccc2)C(c2ccccc2)=N1. The lowest BCUT2D eigenvalue weighted by atomic mass is 9.98. The molecule has 2 aromatic carbocycles. The van der Waals surface area contributed by atoms with Gasteiger partial charge in [0.1, 0.15) is 12.4 Å². The smallest absolute Gasteiger partial charge is 0.119 e. The molecule has 3 rings (SSSR count). The number of benzene rings is 2. The van der Waals surface area contributed by atoms with E-state index < -0.39 is 0 Å². The fraction of sp³-hybridized carbons (Fsp3) is 0.0667. The summed E-state index contributed by atoms with van der Waals surface area (Å²) in [6.45, 7) is 0. The van der Waals surface area contributed by atoms with E-state index in [-0.39, 0.29) is 6.04 Å². The number of nitrogens with zero attached hydrogens (tertiary/aromatic N) is 2. The summed E-state index contributed by atoms with van der Waals surface area (Å²) < 4.78 is 0. The Labute approximate surface area is 100 Å². The van der Waals surface area contributed by atoms with Crippen molar-refractivity contribution in [2.45, 2.75) is 6.04 Å². The zero-order chi connectivity index (χ0) is 11.5. The van der Waals surface area contributed by atoms with Gasteiger partial charge >= 0.3 is 0 Å². The van der Waals surface area contributed by atoms with E-state index in [2.05, 4.69) is 34.3 Å². The van der Waals surface area contributed by atoms with Gasteiger partial charge in [-0.1, -0.05) is 60.7 Å². The van der Waals surface area contributed by atoms with Crippen molar-refractivity contribution >= 4 is 12.1 Å². The molecule has 1 atom stereocenters. The zero-order valence-corrected chi connectivity index (χ0v) is 9.32. The third kappa shape index (κ3) is 1.89. The van der Waals surface area contributed by atoms with Gasteiger partial charge in [0, 0.05) is 0 Å². The fourth-order valence-electron chi connectivity index (χ4n) is 2.02. The van der Waals surface area contributed by atoms with Gasteiger partial charge < -0.3 is 0 Å². The van der Waals surface area contributed by atoms with Gasteiger partial charge in [0.15, 0.2) is 0 Å². The van der Waals surface area contributed by atoms with Crippen LogP contribution in [0, 0.1) is 0 Å². The third-order valence-corrected chi connectivity index (χ3v) is 2.86. The molecule has 1 aliphatic heterocycles. The van der Waals surface area contributed by atoms with Gasteiger partial charge in [-0.2, -0.15) is 0 Å². The van der Waals surface area contributed by atoms with E-state index >= 15 is 0 Å². The first-order valence-corrected chi connectivity index (χ1v) is 5.65. The maximum Gasteiger partial charge on any atom is 0.119 e. The molecule has 0 unspecified atom stereocenters. The van der Waals surface area contributed by atoms with Crippen molar-refractivity contribution in [1.29, 1.82) is 0 Å². The lowest BCUT2D eigenvalue weighted by Gasteiger charge is -2.11. The first-order chi connectivity index (χ1) is 8.45. The van der Waals surface area contributed by atoms with Gasteiger partial charge in [-0.3, -0.25) is 4.99 Å². The Balaban J connectivity index is 1.98. The standard InChI is InChI=1S/C15H12N2/c1-3-7-12(8-4-1)14-15(17-11-16-14)13-9-5-2-6-10-13/h1-11,14H/t14-/m1/s1. The van der Waals surface area contributed by atoms with Crippen LogP contribution < -0.4 is 0 Å². The molecule has 0 aromatic heterocycles. The molecular formula is C15H12N2. The summed E-state index contributed by atoms with van der Waals surface area (Å²) in [7, 11) is 0. The average Bonchev–Trinajstić information content (AvgIpc) is 2.90. The first kappa shape index (κ1) is 9.97. The molecule has 82 valence electrons. The Morgan fingerprint density at radius 3 is 2.12 bits per heavy atom. The van der Waals surface area contributed by atoms with Crippen molar-refractivity contribution in [3.8, 4) is 0 Å². The van der Waals surface area contributed by atoms with Crippen LogP contribution in [-0.4, -0.2) is 12.1 Å². The molecule has 0 bridgehead atoms. The van der Waals surface area contributed by atoms with Crippen LogP contribution in [0.2, 0.25) is 0 Å². The summed E-state index contributed by atoms with van der Waals surface area (Å²) in [4.78, 5) is 8.82. The highest BCUT2D eigenvalue weighted by Gasteiger charge is 2.21. The van der Waals surface area contributed by atoms with Gasteiger partial charge in [-0.25, -0.2) is 4.99 Å². The molecule has 0 N–H and O–H groups in total. The summed E-state index contributed by atoms with van der Waals surface area (Å²) in [6, 6.07) is 20.5. The minimum atomic E-state index is 0.0404. The van der Waals surface area contributed by atoms with Crippen molar-refractivity contribution in [3.63, 3.8) is 0 Å². The molecule has 1 heterocycles. The molecule has 0 aliphatic carbocycles. The first-order valence-electron chi connectivity index (χ1n) is 5.65. The molecule has 2 heteroatoms. The third-order valence-electron chi connectivity index (χ3n) is 2.86. The van der Waals surface area contributed by atoms with Crippen LogP contribution in [0.25, 0.3) is 0 Å². The minimum absolute atomic E-state index is 0.0404.